The fourth-order valence-corrected chi connectivity index (χ4v) is 4.75. The molecule has 1 saturated heterocycles. The molecule has 0 N–H and O–H groups in total. The summed E-state index contributed by atoms with van der Waals surface area (Å²) in [5, 5.41) is 3.80. The average molecular weight is 345 g/mol. The number of rotatable bonds is 4. The highest BCUT2D eigenvalue weighted by Crippen LogP contribution is 2.50. The van der Waals surface area contributed by atoms with Crippen LogP contribution in [0.1, 0.15) is 24.8 Å². The largest absolute Gasteiger partial charge is 0.377 e. The molecule has 2 aliphatic rings. The van der Waals surface area contributed by atoms with Gasteiger partial charge in [-0.05, 0) is 47.9 Å². The quantitative estimate of drug-likeness (QED) is 0.712. The molecule has 2 fully saturated rings. The average Bonchev–Trinajstić information content (AvgIpc) is 3.29. The first-order chi connectivity index (χ1) is 10.3. The zero-order valence-corrected chi connectivity index (χ0v) is 13.8. The summed E-state index contributed by atoms with van der Waals surface area (Å²) in [7, 11) is 0. The van der Waals surface area contributed by atoms with Gasteiger partial charge in [-0.1, -0.05) is 58.4 Å². The first kappa shape index (κ1) is 13.8. The smallest absolute Gasteiger partial charge is 0.0671 e. The van der Waals surface area contributed by atoms with Crippen molar-refractivity contribution in [3.63, 3.8) is 0 Å². The molecule has 0 bridgehead atoms. The molecule has 1 aliphatic heterocycles. The molecule has 0 radical (unpaired) electrons. The zero-order valence-electron chi connectivity index (χ0n) is 12.2. The summed E-state index contributed by atoms with van der Waals surface area (Å²) < 4.78 is 6.14. The lowest BCUT2D eigenvalue weighted by Crippen LogP contribution is -2.36. The number of halogens is 1. The fraction of sp³-hybridized carbons (Fsp3) is 0.474. The lowest BCUT2D eigenvalue weighted by molar-refractivity contribution is 0.0414. The molecule has 2 atom stereocenters. The predicted octanol–water partition coefficient (Wildman–Crippen LogP) is 4.96. The van der Waals surface area contributed by atoms with Crippen molar-refractivity contribution >= 4 is 26.7 Å². The van der Waals surface area contributed by atoms with E-state index >= 15 is 0 Å². The Bertz CT molecular complexity index is 644. The Morgan fingerprint density at radius 2 is 1.90 bits per heavy atom. The van der Waals surface area contributed by atoms with Crippen molar-refractivity contribution in [1.29, 1.82) is 0 Å². The van der Waals surface area contributed by atoms with Crippen molar-refractivity contribution in [2.24, 2.45) is 11.3 Å². The topological polar surface area (TPSA) is 9.23 Å². The zero-order chi connectivity index (χ0) is 14.3. The van der Waals surface area contributed by atoms with Gasteiger partial charge in [-0.25, -0.2) is 0 Å². The first-order valence-corrected chi connectivity index (χ1v) is 9.09. The highest BCUT2D eigenvalue weighted by molar-refractivity contribution is 9.09. The summed E-state index contributed by atoms with van der Waals surface area (Å²) in [6.07, 6.45) is 5.48. The van der Waals surface area contributed by atoms with Crippen LogP contribution in [-0.2, 0) is 11.2 Å². The van der Waals surface area contributed by atoms with Crippen molar-refractivity contribution in [2.45, 2.75) is 31.8 Å². The van der Waals surface area contributed by atoms with Crippen molar-refractivity contribution in [2.75, 3.05) is 11.9 Å². The van der Waals surface area contributed by atoms with Gasteiger partial charge < -0.3 is 4.74 Å². The molecular weight excluding hydrogens is 324 g/mol. The van der Waals surface area contributed by atoms with Crippen LogP contribution in [0.3, 0.4) is 0 Å². The molecule has 0 amide bonds. The first-order valence-electron chi connectivity index (χ1n) is 7.97. The molecular formula is C19H21BrO. The highest BCUT2D eigenvalue weighted by atomic mass is 79.9. The van der Waals surface area contributed by atoms with E-state index in [1.807, 2.05) is 0 Å². The van der Waals surface area contributed by atoms with Gasteiger partial charge >= 0.3 is 0 Å². The Labute approximate surface area is 134 Å². The lowest BCUT2D eigenvalue weighted by Gasteiger charge is -2.33. The second-order valence-corrected chi connectivity index (χ2v) is 7.25. The molecule has 1 saturated carbocycles. The van der Waals surface area contributed by atoms with Crippen LogP contribution < -0.4 is 0 Å². The van der Waals surface area contributed by atoms with Crippen molar-refractivity contribution in [3.05, 3.63) is 48.0 Å². The maximum atomic E-state index is 6.14. The summed E-state index contributed by atoms with van der Waals surface area (Å²) in [4.78, 5) is 0. The highest BCUT2D eigenvalue weighted by Gasteiger charge is 2.50. The van der Waals surface area contributed by atoms with Crippen LogP contribution in [0.5, 0.6) is 0 Å². The maximum absolute atomic E-state index is 6.14. The molecule has 2 aromatic carbocycles. The third kappa shape index (κ3) is 2.43. The van der Waals surface area contributed by atoms with Gasteiger partial charge in [-0.2, -0.15) is 0 Å². The van der Waals surface area contributed by atoms with E-state index in [9.17, 15) is 0 Å². The number of ether oxygens (including phenoxy) is 1. The SMILES string of the molecule is BrCC1(Cc2cccc3ccccc23)CCOC1C1CC1. The van der Waals surface area contributed by atoms with E-state index < -0.39 is 0 Å². The minimum Gasteiger partial charge on any atom is -0.377 e. The predicted molar refractivity (Wildman–Crippen MR) is 91.0 cm³/mol. The van der Waals surface area contributed by atoms with E-state index in [0.717, 1.165) is 24.3 Å². The molecule has 2 aromatic rings. The third-order valence-corrected chi connectivity index (χ3v) is 6.36. The minimum absolute atomic E-state index is 0.283. The van der Waals surface area contributed by atoms with Crippen molar-refractivity contribution in [3.8, 4) is 0 Å². The van der Waals surface area contributed by atoms with E-state index in [4.69, 9.17) is 4.74 Å². The summed E-state index contributed by atoms with van der Waals surface area (Å²) in [6.45, 7) is 0.928. The number of fused-ring (bicyclic) bond motifs is 1. The Balaban J connectivity index is 1.72. The van der Waals surface area contributed by atoms with Crippen molar-refractivity contribution in [1.82, 2.24) is 0 Å². The molecule has 4 rings (SSSR count). The van der Waals surface area contributed by atoms with Crippen LogP contribution >= 0.6 is 15.9 Å². The number of hydrogen-bond donors (Lipinski definition) is 0. The molecule has 1 heterocycles. The maximum Gasteiger partial charge on any atom is 0.0671 e. The molecule has 2 heteroatoms. The number of hydrogen-bond acceptors (Lipinski definition) is 1. The Morgan fingerprint density at radius 3 is 2.71 bits per heavy atom. The van der Waals surface area contributed by atoms with Crippen LogP contribution in [0.4, 0.5) is 0 Å². The lowest BCUT2D eigenvalue weighted by atomic mass is 9.75. The van der Waals surface area contributed by atoms with Gasteiger partial charge in [-0.15, -0.1) is 0 Å². The summed E-state index contributed by atoms with van der Waals surface area (Å²) in [5.74, 6) is 0.806. The van der Waals surface area contributed by atoms with Gasteiger partial charge in [0.05, 0.1) is 6.10 Å². The van der Waals surface area contributed by atoms with E-state index in [1.54, 1.807) is 0 Å². The molecule has 1 aliphatic carbocycles. The van der Waals surface area contributed by atoms with Gasteiger partial charge in [0.2, 0.25) is 0 Å². The van der Waals surface area contributed by atoms with Crippen LogP contribution in [0.15, 0.2) is 42.5 Å². The second-order valence-electron chi connectivity index (χ2n) is 6.69. The number of alkyl halides is 1. The van der Waals surface area contributed by atoms with Crippen LogP contribution in [0.25, 0.3) is 10.8 Å². The van der Waals surface area contributed by atoms with Gasteiger partial charge in [0, 0.05) is 17.4 Å². The Kier molecular flexibility index (Phi) is 3.55. The molecule has 0 aromatic heterocycles. The van der Waals surface area contributed by atoms with Gasteiger partial charge in [0.15, 0.2) is 0 Å². The van der Waals surface area contributed by atoms with Gasteiger partial charge in [0.25, 0.3) is 0 Å². The molecule has 1 nitrogen and oxygen atoms in total. The van der Waals surface area contributed by atoms with Gasteiger partial charge in [0.1, 0.15) is 0 Å². The second kappa shape index (κ2) is 5.40. The van der Waals surface area contributed by atoms with E-state index in [0.29, 0.717) is 6.10 Å². The van der Waals surface area contributed by atoms with E-state index in [1.165, 1.54) is 35.6 Å². The fourth-order valence-electron chi connectivity index (χ4n) is 3.95. The summed E-state index contributed by atoms with van der Waals surface area (Å²) >= 11 is 3.81. The standard InChI is InChI=1S/C19H21BrO/c20-13-19(10-11-21-18(19)15-8-9-15)12-16-6-3-5-14-4-1-2-7-17(14)16/h1-7,15,18H,8-13H2. The van der Waals surface area contributed by atoms with Gasteiger partial charge in [-0.3, -0.25) is 0 Å². The minimum atomic E-state index is 0.283. The van der Waals surface area contributed by atoms with Crippen LogP contribution in [-0.4, -0.2) is 18.0 Å². The summed E-state index contributed by atoms with van der Waals surface area (Å²) in [5.41, 5.74) is 1.76. The summed E-state index contributed by atoms with van der Waals surface area (Å²) in [6, 6.07) is 15.5. The van der Waals surface area contributed by atoms with Crippen LogP contribution in [0, 0.1) is 11.3 Å². The third-order valence-electron chi connectivity index (χ3n) is 5.24. The van der Waals surface area contributed by atoms with Crippen molar-refractivity contribution < 1.29 is 4.74 Å². The van der Waals surface area contributed by atoms with Crippen LogP contribution in [0.2, 0.25) is 0 Å². The number of benzene rings is 2. The monoisotopic (exact) mass is 344 g/mol. The molecule has 0 spiro atoms. The normalized spacial score (nSPS) is 29.1. The Morgan fingerprint density at radius 1 is 1.10 bits per heavy atom. The van der Waals surface area contributed by atoms with E-state index in [-0.39, 0.29) is 5.41 Å². The molecule has 21 heavy (non-hydrogen) atoms. The molecule has 110 valence electrons. The Hall–Kier alpha value is -0.860. The van der Waals surface area contributed by atoms with E-state index in [2.05, 4.69) is 58.4 Å². The molecule has 2 unspecified atom stereocenters.